The van der Waals surface area contributed by atoms with E-state index in [2.05, 4.69) is 0 Å². The van der Waals surface area contributed by atoms with Crippen LogP contribution < -0.4 is 4.74 Å². The smallest absolute Gasteiger partial charge is 0.307 e. The second-order valence-electron chi connectivity index (χ2n) is 3.55. The zero-order valence-corrected chi connectivity index (χ0v) is 9.72. The van der Waals surface area contributed by atoms with E-state index in [-0.39, 0.29) is 13.0 Å². The third-order valence-electron chi connectivity index (χ3n) is 2.29. The Morgan fingerprint density at radius 1 is 1.47 bits per heavy atom. The maximum absolute atomic E-state index is 10.7. The van der Waals surface area contributed by atoms with Crippen molar-refractivity contribution in [1.82, 2.24) is 0 Å². The molecule has 0 spiro atoms. The Labute approximate surface area is 100 Å². The van der Waals surface area contributed by atoms with E-state index in [4.69, 9.17) is 14.9 Å². The number of hydrogen-bond donors (Lipinski definition) is 2. The zero-order valence-electron chi connectivity index (χ0n) is 9.72. The van der Waals surface area contributed by atoms with E-state index < -0.39 is 5.97 Å². The van der Waals surface area contributed by atoms with Crippen molar-refractivity contribution in [2.75, 3.05) is 13.7 Å². The number of aliphatic hydroxyl groups is 1. The van der Waals surface area contributed by atoms with Crippen molar-refractivity contribution >= 4 is 12.0 Å². The lowest BCUT2D eigenvalue weighted by molar-refractivity contribution is -0.136. The van der Waals surface area contributed by atoms with Crippen LogP contribution in [0.15, 0.2) is 24.3 Å². The number of rotatable bonds is 6. The van der Waals surface area contributed by atoms with Gasteiger partial charge >= 0.3 is 5.97 Å². The van der Waals surface area contributed by atoms with E-state index in [1.54, 1.807) is 37.5 Å². The predicted octanol–water partition coefficient (Wildman–Crippen LogP) is 1.72. The highest BCUT2D eigenvalue weighted by atomic mass is 16.5. The summed E-state index contributed by atoms with van der Waals surface area (Å²) in [6.45, 7) is 0.0781. The maximum atomic E-state index is 10.7. The lowest BCUT2D eigenvalue weighted by Gasteiger charge is -2.06. The van der Waals surface area contributed by atoms with Crippen LogP contribution in [0.1, 0.15) is 17.5 Å². The molecule has 0 saturated heterocycles. The van der Waals surface area contributed by atoms with Gasteiger partial charge in [-0.3, -0.25) is 4.79 Å². The first-order valence-corrected chi connectivity index (χ1v) is 5.33. The summed E-state index contributed by atoms with van der Waals surface area (Å²) in [5, 5.41) is 17.5. The monoisotopic (exact) mass is 236 g/mol. The average molecular weight is 236 g/mol. The summed E-state index contributed by atoms with van der Waals surface area (Å²) in [5.41, 5.74) is 1.53. The molecule has 0 aromatic heterocycles. The van der Waals surface area contributed by atoms with Crippen LogP contribution >= 0.6 is 0 Å². The second-order valence-corrected chi connectivity index (χ2v) is 3.55. The molecule has 1 aromatic carbocycles. The highest BCUT2D eigenvalue weighted by Crippen LogP contribution is 2.19. The number of aliphatic hydroxyl groups excluding tert-OH is 1. The van der Waals surface area contributed by atoms with E-state index in [0.717, 1.165) is 11.1 Å². The molecule has 0 aliphatic heterocycles. The van der Waals surface area contributed by atoms with Gasteiger partial charge in [-0.25, -0.2) is 0 Å². The molecule has 4 nitrogen and oxygen atoms in total. The van der Waals surface area contributed by atoms with Crippen LogP contribution in [0.5, 0.6) is 5.75 Å². The van der Waals surface area contributed by atoms with Crippen LogP contribution in [0.25, 0.3) is 6.08 Å². The maximum Gasteiger partial charge on any atom is 0.307 e. The number of carboxylic acids is 1. The molecule has 4 heteroatoms. The molecule has 0 aliphatic rings. The van der Waals surface area contributed by atoms with Crippen LogP contribution in [0.2, 0.25) is 0 Å². The number of aliphatic carboxylic acids is 1. The first kappa shape index (κ1) is 13.3. The molecule has 92 valence electrons. The molecule has 1 aromatic rings. The van der Waals surface area contributed by atoms with Gasteiger partial charge in [0.05, 0.1) is 13.5 Å². The lowest BCUT2D eigenvalue weighted by atomic mass is 10.0. The van der Waals surface area contributed by atoms with Crippen molar-refractivity contribution in [3.05, 3.63) is 35.4 Å². The number of ether oxygens (including phenoxy) is 1. The fraction of sp³-hybridized carbons (Fsp3) is 0.308. The number of benzene rings is 1. The minimum atomic E-state index is -0.869. The van der Waals surface area contributed by atoms with Crippen LogP contribution in [0.3, 0.4) is 0 Å². The summed E-state index contributed by atoms with van der Waals surface area (Å²) in [6.07, 6.45) is 4.13. The highest BCUT2D eigenvalue weighted by Gasteiger charge is 2.06. The van der Waals surface area contributed by atoms with Crippen molar-refractivity contribution < 1.29 is 19.7 Å². The Balaban J connectivity index is 2.98. The van der Waals surface area contributed by atoms with E-state index in [1.807, 2.05) is 0 Å². The Morgan fingerprint density at radius 2 is 2.24 bits per heavy atom. The van der Waals surface area contributed by atoms with Crippen molar-refractivity contribution in [3.63, 3.8) is 0 Å². The van der Waals surface area contributed by atoms with Gasteiger partial charge in [0.15, 0.2) is 0 Å². The van der Waals surface area contributed by atoms with Crippen LogP contribution in [0, 0.1) is 0 Å². The summed E-state index contributed by atoms with van der Waals surface area (Å²) in [4.78, 5) is 10.7. The van der Waals surface area contributed by atoms with Crippen molar-refractivity contribution in [2.45, 2.75) is 12.8 Å². The van der Waals surface area contributed by atoms with Crippen molar-refractivity contribution in [1.29, 1.82) is 0 Å². The van der Waals surface area contributed by atoms with Gasteiger partial charge in [-0.05, 0) is 29.7 Å². The van der Waals surface area contributed by atoms with Crippen LogP contribution in [-0.4, -0.2) is 29.9 Å². The quantitative estimate of drug-likeness (QED) is 0.789. The van der Waals surface area contributed by atoms with Gasteiger partial charge in [0.2, 0.25) is 0 Å². The molecule has 0 bridgehead atoms. The van der Waals surface area contributed by atoms with Gasteiger partial charge < -0.3 is 14.9 Å². The summed E-state index contributed by atoms with van der Waals surface area (Å²) in [6, 6.07) is 5.26. The van der Waals surface area contributed by atoms with Crippen LogP contribution in [0.4, 0.5) is 0 Å². The van der Waals surface area contributed by atoms with Crippen LogP contribution in [-0.2, 0) is 11.2 Å². The van der Waals surface area contributed by atoms with E-state index >= 15 is 0 Å². The largest absolute Gasteiger partial charge is 0.497 e. The topological polar surface area (TPSA) is 66.8 Å². The van der Waals surface area contributed by atoms with Gasteiger partial charge in [0.25, 0.3) is 0 Å². The Bertz CT molecular complexity index is 410. The standard InChI is InChI=1S/C13H16O4/c1-17-12-6-5-11(9-13(15)16)10(8-12)4-2-3-7-14/h2,4-6,8,14H,3,7,9H2,1H3,(H,15,16). The lowest BCUT2D eigenvalue weighted by Crippen LogP contribution is -2.02. The van der Waals surface area contributed by atoms with Gasteiger partial charge in [-0.2, -0.15) is 0 Å². The fourth-order valence-corrected chi connectivity index (χ4v) is 1.46. The Kier molecular flexibility index (Phi) is 5.23. The SMILES string of the molecule is COc1ccc(CC(=O)O)c(C=CCCO)c1. The average Bonchev–Trinajstić information content (AvgIpc) is 2.30. The summed E-state index contributed by atoms with van der Waals surface area (Å²) >= 11 is 0. The molecule has 0 amide bonds. The van der Waals surface area contributed by atoms with Gasteiger partial charge in [-0.15, -0.1) is 0 Å². The predicted molar refractivity (Wildman–Crippen MR) is 65.1 cm³/mol. The fourth-order valence-electron chi connectivity index (χ4n) is 1.46. The third-order valence-corrected chi connectivity index (χ3v) is 2.29. The van der Waals surface area contributed by atoms with E-state index in [0.29, 0.717) is 12.2 Å². The van der Waals surface area contributed by atoms with Crippen molar-refractivity contribution in [2.24, 2.45) is 0 Å². The summed E-state index contributed by atoms with van der Waals surface area (Å²) in [7, 11) is 1.56. The highest BCUT2D eigenvalue weighted by molar-refractivity contribution is 5.73. The molecule has 0 radical (unpaired) electrons. The number of hydrogen-bond acceptors (Lipinski definition) is 3. The van der Waals surface area contributed by atoms with Gasteiger partial charge in [0.1, 0.15) is 5.75 Å². The number of carboxylic acid groups (broad SMARTS) is 1. The summed E-state index contributed by atoms with van der Waals surface area (Å²) < 4.78 is 5.09. The van der Waals surface area contributed by atoms with E-state index in [9.17, 15) is 4.79 Å². The number of carbonyl (C=O) groups is 1. The van der Waals surface area contributed by atoms with E-state index in [1.165, 1.54) is 0 Å². The Morgan fingerprint density at radius 3 is 2.82 bits per heavy atom. The minimum absolute atomic E-state index is 0.0250. The first-order chi connectivity index (χ1) is 8.17. The molecule has 0 unspecified atom stereocenters. The zero-order chi connectivity index (χ0) is 12.7. The Hall–Kier alpha value is -1.81. The third kappa shape index (κ3) is 4.28. The molecule has 0 aliphatic carbocycles. The van der Waals surface area contributed by atoms with Gasteiger partial charge in [-0.1, -0.05) is 18.2 Å². The molecule has 0 saturated carbocycles. The molecule has 0 heterocycles. The summed E-state index contributed by atoms with van der Waals surface area (Å²) in [5.74, 6) is -0.185. The second kappa shape index (κ2) is 6.70. The molecule has 0 atom stereocenters. The molecular weight excluding hydrogens is 220 g/mol. The minimum Gasteiger partial charge on any atom is -0.497 e. The molecule has 1 rings (SSSR count). The molecular formula is C13H16O4. The van der Waals surface area contributed by atoms with Gasteiger partial charge in [0, 0.05) is 6.61 Å². The molecule has 0 fully saturated rings. The number of methoxy groups -OCH3 is 1. The molecule has 17 heavy (non-hydrogen) atoms. The normalized spacial score (nSPS) is 10.7. The molecule has 2 N–H and O–H groups in total. The first-order valence-electron chi connectivity index (χ1n) is 5.33. The van der Waals surface area contributed by atoms with Crippen molar-refractivity contribution in [3.8, 4) is 5.75 Å².